The zero-order valence-electron chi connectivity index (χ0n) is 15.0. The van der Waals surface area contributed by atoms with Gasteiger partial charge in [0.2, 0.25) is 0 Å². The molecule has 1 fully saturated rings. The minimum Gasteiger partial charge on any atom is -0.457 e. The van der Waals surface area contributed by atoms with Crippen LogP contribution in [0.5, 0.6) is 11.5 Å². The van der Waals surface area contributed by atoms with Crippen LogP contribution in [-0.4, -0.2) is 5.17 Å². The van der Waals surface area contributed by atoms with Gasteiger partial charge in [0.1, 0.15) is 22.6 Å². The summed E-state index contributed by atoms with van der Waals surface area (Å²) in [5.74, 6) is 1.55. The van der Waals surface area contributed by atoms with Gasteiger partial charge in [-0.05, 0) is 42.7 Å². The molecular formula is C23H21ClN2O. The number of nitriles is 1. The van der Waals surface area contributed by atoms with Crippen molar-refractivity contribution in [1.82, 2.24) is 0 Å². The van der Waals surface area contributed by atoms with Crippen LogP contribution >= 0.6 is 11.6 Å². The van der Waals surface area contributed by atoms with Gasteiger partial charge in [0.05, 0.1) is 6.07 Å². The summed E-state index contributed by atoms with van der Waals surface area (Å²) < 4.78 is 5.87. The number of hydrogen-bond donors (Lipinski definition) is 0. The maximum Gasteiger partial charge on any atom is 0.127 e. The van der Waals surface area contributed by atoms with Gasteiger partial charge in [-0.15, -0.1) is 0 Å². The third-order valence-electron chi connectivity index (χ3n) is 5.36. The second-order valence-corrected chi connectivity index (χ2v) is 7.51. The van der Waals surface area contributed by atoms with Crippen LogP contribution in [0.25, 0.3) is 0 Å². The van der Waals surface area contributed by atoms with Gasteiger partial charge in [-0.25, -0.2) is 4.99 Å². The standard InChI is InChI=1S/C23H21ClN2O/c24-23-21(15-25)20(14-22(26-23)17-6-4-5-7-17)16-10-12-19(13-11-16)27-18-8-2-1-3-9-18/h1-3,8-14,17,20-21H,4-7H2. The SMILES string of the molecule is N#CC1C(Cl)=NC(C2CCCC2)=CC1c1ccc(Oc2ccccc2)cc1. The Labute approximate surface area is 165 Å². The Balaban J connectivity index is 1.58. The van der Waals surface area contributed by atoms with Crippen LogP contribution in [0.2, 0.25) is 0 Å². The van der Waals surface area contributed by atoms with Crippen LogP contribution in [0.1, 0.15) is 37.2 Å². The average molecular weight is 377 g/mol. The third-order valence-corrected chi connectivity index (χ3v) is 5.68. The summed E-state index contributed by atoms with van der Waals surface area (Å²) in [6.07, 6.45) is 6.96. The molecule has 1 aliphatic heterocycles. The lowest BCUT2D eigenvalue weighted by atomic mass is 9.83. The molecule has 0 aromatic heterocycles. The predicted octanol–water partition coefficient (Wildman–Crippen LogP) is 6.43. The van der Waals surface area contributed by atoms with E-state index < -0.39 is 5.92 Å². The summed E-state index contributed by atoms with van der Waals surface area (Å²) in [6, 6.07) is 20.0. The number of halogens is 1. The first-order chi connectivity index (χ1) is 13.2. The van der Waals surface area contributed by atoms with Gasteiger partial charge in [0.15, 0.2) is 0 Å². The number of allylic oxidation sites excluding steroid dienone is 2. The van der Waals surface area contributed by atoms with Crippen LogP contribution in [0, 0.1) is 23.2 Å². The number of hydrogen-bond acceptors (Lipinski definition) is 3. The number of benzene rings is 2. The lowest BCUT2D eigenvalue weighted by Crippen LogP contribution is -2.21. The zero-order valence-corrected chi connectivity index (χ0v) is 15.8. The molecule has 136 valence electrons. The molecule has 27 heavy (non-hydrogen) atoms. The van der Waals surface area contributed by atoms with E-state index in [4.69, 9.17) is 16.3 Å². The molecule has 4 rings (SSSR count). The molecule has 2 aromatic carbocycles. The molecule has 3 nitrogen and oxygen atoms in total. The number of rotatable bonds is 4. The van der Waals surface area contributed by atoms with E-state index in [1.807, 2.05) is 54.6 Å². The van der Waals surface area contributed by atoms with Gasteiger partial charge >= 0.3 is 0 Å². The summed E-state index contributed by atoms with van der Waals surface area (Å²) >= 11 is 6.40. The third kappa shape index (κ3) is 3.91. The minimum atomic E-state index is -0.433. The van der Waals surface area contributed by atoms with Crippen molar-refractivity contribution >= 4 is 16.8 Å². The van der Waals surface area contributed by atoms with Crippen molar-refractivity contribution in [3.8, 4) is 17.6 Å². The highest BCUT2D eigenvalue weighted by Crippen LogP contribution is 2.40. The van der Waals surface area contributed by atoms with Crippen LogP contribution in [-0.2, 0) is 0 Å². The van der Waals surface area contributed by atoms with Gasteiger partial charge in [-0.3, -0.25) is 0 Å². The van der Waals surface area contributed by atoms with Crippen LogP contribution in [0.3, 0.4) is 0 Å². The van der Waals surface area contributed by atoms with Crippen molar-refractivity contribution in [2.45, 2.75) is 31.6 Å². The molecule has 0 N–H and O–H groups in total. The quantitative estimate of drug-likeness (QED) is 0.617. The van der Waals surface area contributed by atoms with Gasteiger partial charge in [0, 0.05) is 17.5 Å². The molecule has 2 aliphatic rings. The summed E-state index contributed by atoms with van der Waals surface area (Å²) in [5, 5.41) is 10.0. The summed E-state index contributed by atoms with van der Waals surface area (Å²) in [6.45, 7) is 0. The zero-order chi connectivity index (χ0) is 18.6. The lowest BCUT2D eigenvalue weighted by molar-refractivity contribution is 0.482. The Morgan fingerprint density at radius 2 is 1.63 bits per heavy atom. The van der Waals surface area contributed by atoms with Crippen molar-refractivity contribution in [3.63, 3.8) is 0 Å². The predicted molar refractivity (Wildman–Crippen MR) is 108 cm³/mol. The molecule has 2 atom stereocenters. The van der Waals surface area contributed by atoms with Crippen LogP contribution in [0.15, 0.2) is 71.4 Å². The van der Waals surface area contributed by atoms with Crippen molar-refractivity contribution in [3.05, 3.63) is 71.9 Å². The highest BCUT2D eigenvalue weighted by Gasteiger charge is 2.32. The van der Waals surface area contributed by atoms with E-state index in [0.29, 0.717) is 11.1 Å². The maximum atomic E-state index is 9.62. The van der Waals surface area contributed by atoms with E-state index in [-0.39, 0.29) is 5.92 Å². The largest absolute Gasteiger partial charge is 0.457 e. The molecule has 4 heteroatoms. The molecule has 1 heterocycles. The lowest BCUT2D eigenvalue weighted by Gasteiger charge is -2.25. The van der Waals surface area contributed by atoms with Crippen molar-refractivity contribution < 1.29 is 4.74 Å². The van der Waals surface area contributed by atoms with E-state index >= 15 is 0 Å². The van der Waals surface area contributed by atoms with E-state index in [1.54, 1.807) is 0 Å². The van der Waals surface area contributed by atoms with Gasteiger partial charge in [-0.2, -0.15) is 5.26 Å². The van der Waals surface area contributed by atoms with E-state index in [2.05, 4.69) is 17.1 Å². The first-order valence-corrected chi connectivity index (χ1v) is 9.80. The van der Waals surface area contributed by atoms with Crippen molar-refractivity contribution in [1.29, 1.82) is 5.26 Å². The number of ether oxygens (including phenoxy) is 1. The maximum absolute atomic E-state index is 9.62. The van der Waals surface area contributed by atoms with E-state index in [9.17, 15) is 5.26 Å². The van der Waals surface area contributed by atoms with E-state index in [0.717, 1.165) is 35.6 Å². The van der Waals surface area contributed by atoms with Crippen molar-refractivity contribution in [2.24, 2.45) is 16.8 Å². The highest BCUT2D eigenvalue weighted by molar-refractivity contribution is 6.66. The molecule has 1 aliphatic carbocycles. The molecule has 0 saturated heterocycles. The number of aliphatic imine (C=N–C) groups is 1. The Kier molecular flexibility index (Phi) is 5.27. The van der Waals surface area contributed by atoms with E-state index in [1.165, 1.54) is 12.8 Å². The highest BCUT2D eigenvalue weighted by atomic mass is 35.5. The number of nitrogens with zero attached hydrogens (tertiary/aromatic N) is 2. The van der Waals surface area contributed by atoms with Crippen molar-refractivity contribution in [2.75, 3.05) is 0 Å². The average Bonchev–Trinajstić information content (AvgIpc) is 3.24. The summed E-state index contributed by atoms with van der Waals surface area (Å²) in [7, 11) is 0. The first-order valence-electron chi connectivity index (χ1n) is 9.43. The fraction of sp³-hybridized carbons (Fsp3) is 0.304. The van der Waals surface area contributed by atoms with Gasteiger partial charge in [-0.1, -0.05) is 60.9 Å². The molecule has 0 radical (unpaired) electrons. The number of para-hydroxylation sites is 1. The smallest absolute Gasteiger partial charge is 0.127 e. The summed E-state index contributed by atoms with van der Waals surface area (Å²) in [4.78, 5) is 4.56. The molecule has 0 amide bonds. The molecule has 2 aromatic rings. The molecule has 0 bridgehead atoms. The molecular weight excluding hydrogens is 356 g/mol. The Hall–Kier alpha value is -2.57. The second-order valence-electron chi connectivity index (χ2n) is 7.12. The topological polar surface area (TPSA) is 45.4 Å². The van der Waals surface area contributed by atoms with Gasteiger partial charge < -0.3 is 4.74 Å². The fourth-order valence-electron chi connectivity index (χ4n) is 3.91. The fourth-order valence-corrected chi connectivity index (χ4v) is 4.19. The molecule has 2 unspecified atom stereocenters. The Morgan fingerprint density at radius 1 is 0.963 bits per heavy atom. The monoisotopic (exact) mass is 376 g/mol. The summed E-state index contributed by atoms with van der Waals surface area (Å²) in [5.41, 5.74) is 2.11. The Morgan fingerprint density at radius 3 is 2.30 bits per heavy atom. The molecule has 1 saturated carbocycles. The minimum absolute atomic E-state index is 0.0682. The van der Waals surface area contributed by atoms with Crippen LogP contribution < -0.4 is 4.74 Å². The normalized spacial score (nSPS) is 22.7. The first kappa shape index (κ1) is 17.8. The van der Waals surface area contributed by atoms with Gasteiger partial charge in [0.25, 0.3) is 0 Å². The molecule has 0 spiro atoms. The van der Waals surface area contributed by atoms with Crippen LogP contribution in [0.4, 0.5) is 0 Å². The Bertz CT molecular complexity index is 890. The second kappa shape index (κ2) is 7.98.